The summed E-state index contributed by atoms with van der Waals surface area (Å²) in [5.74, 6) is 0.814. The standard InChI is InChI=1S/C15H17N3O/c16-10-11-4-3-5-12(8-11)15-9-14(18-19-15)13-6-1-2-7-17-13/h3-5,8-9,13-14,17-18H,1-2,6-7H2. The van der Waals surface area contributed by atoms with Gasteiger partial charge in [0.2, 0.25) is 0 Å². The van der Waals surface area contributed by atoms with Crippen molar-refractivity contribution < 1.29 is 4.84 Å². The number of nitriles is 1. The van der Waals surface area contributed by atoms with Crippen LogP contribution in [-0.4, -0.2) is 18.6 Å². The Morgan fingerprint density at radius 3 is 3.05 bits per heavy atom. The molecule has 1 aromatic carbocycles. The minimum atomic E-state index is 0.209. The SMILES string of the molecule is N#Cc1cccc(C2=CC(C3CCCCN3)NO2)c1. The lowest BCUT2D eigenvalue weighted by Gasteiger charge is -2.26. The Morgan fingerprint density at radius 1 is 1.32 bits per heavy atom. The summed E-state index contributed by atoms with van der Waals surface area (Å²) in [6.45, 7) is 1.08. The number of hydrogen-bond donors (Lipinski definition) is 2. The molecule has 19 heavy (non-hydrogen) atoms. The summed E-state index contributed by atoms with van der Waals surface area (Å²) in [7, 11) is 0. The van der Waals surface area contributed by atoms with Gasteiger partial charge in [-0.25, -0.2) is 0 Å². The Kier molecular flexibility index (Phi) is 3.49. The Morgan fingerprint density at radius 2 is 2.26 bits per heavy atom. The molecule has 0 amide bonds. The Balaban J connectivity index is 1.76. The summed E-state index contributed by atoms with van der Waals surface area (Å²) < 4.78 is 0. The molecule has 1 fully saturated rings. The van der Waals surface area contributed by atoms with Gasteiger partial charge in [0.05, 0.1) is 17.7 Å². The van der Waals surface area contributed by atoms with Gasteiger partial charge < -0.3 is 10.2 Å². The predicted molar refractivity (Wildman–Crippen MR) is 72.8 cm³/mol. The van der Waals surface area contributed by atoms with Gasteiger partial charge in [-0.2, -0.15) is 5.26 Å². The van der Waals surface area contributed by atoms with E-state index < -0.39 is 0 Å². The topological polar surface area (TPSA) is 57.1 Å². The molecule has 1 aromatic rings. The van der Waals surface area contributed by atoms with E-state index in [1.807, 2.05) is 18.2 Å². The van der Waals surface area contributed by atoms with E-state index in [2.05, 4.69) is 22.9 Å². The molecule has 2 heterocycles. The first kappa shape index (κ1) is 12.2. The smallest absolute Gasteiger partial charge is 0.152 e. The Labute approximate surface area is 113 Å². The zero-order chi connectivity index (χ0) is 13.1. The molecule has 0 saturated carbocycles. The highest BCUT2D eigenvalue weighted by molar-refractivity contribution is 5.63. The van der Waals surface area contributed by atoms with E-state index in [0.717, 1.165) is 17.9 Å². The Hall–Kier alpha value is -1.83. The average molecular weight is 255 g/mol. The van der Waals surface area contributed by atoms with Gasteiger partial charge >= 0.3 is 0 Å². The summed E-state index contributed by atoms with van der Waals surface area (Å²) in [5, 5.41) is 12.4. The van der Waals surface area contributed by atoms with E-state index in [1.165, 1.54) is 19.3 Å². The van der Waals surface area contributed by atoms with Crippen molar-refractivity contribution in [2.24, 2.45) is 0 Å². The molecule has 98 valence electrons. The third-order valence-corrected chi connectivity index (χ3v) is 3.69. The van der Waals surface area contributed by atoms with Crippen LogP contribution < -0.4 is 10.8 Å². The fraction of sp³-hybridized carbons (Fsp3) is 0.400. The molecular formula is C15H17N3O. The molecule has 0 aromatic heterocycles. The van der Waals surface area contributed by atoms with E-state index in [0.29, 0.717) is 11.6 Å². The van der Waals surface area contributed by atoms with E-state index >= 15 is 0 Å². The number of nitrogens with zero attached hydrogens (tertiary/aromatic N) is 1. The summed E-state index contributed by atoms with van der Waals surface area (Å²) in [6, 6.07) is 10.3. The van der Waals surface area contributed by atoms with E-state index in [9.17, 15) is 0 Å². The van der Waals surface area contributed by atoms with Crippen molar-refractivity contribution in [3.8, 4) is 6.07 Å². The second-order valence-corrected chi connectivity index (χ2v) is 5.03. The minimum Gasteiger partial charge on any atom is -0.408 e. The highest BCUT2D eigenvalue weighted by Gasteiger charge is 2.27. The van der Waals surface area contributed by atoms with Crippen LogP contribution in [0.2, 0.25) is 0 Å². The number of hydrogen-bond acceptors (Lipinski definition) is 4. The van der Waals surface area contributed by atoms with Gasteiger partial charge in [0.1, 0.15) is 0 Å². The molecule has 0 aliphatic carbocycles. The van der Waals surface area contributed by atoms with Crippen LogP contribution in [-0.2, 0) is 4.84 Å². The van der Waals surface area contributed by atoms with Gasteiger partial charge in [0, 0.05) is 11.6 Å². The molecule has 0 bridgehead atoms. The van der Waals surface area contributed by atoms with Crippen LogP contribution in [0.25, 0.3) is 5.76 Å². The normalized spacial score (nSPS) is 26.4. The van der Waals surface area contributed by atoms with Gasteiger partial charge in [-0.15, -0.1) is 5.48 Å². The summed E-state index contributed by atoms with van der Waals surface area (Å²) in [4.78, 5) is 5.57. The molecule has 1 saturated heterocycles. The first-order chi connectivity index (χ1) is 9.36. The molecule has 0 spiro atoms. The first-order valence-electron chi connectivity index (χ1n) is 6.75. The van der Waals surface area contributed by atoms with Crippen LogP contribution in [0.1, 0.15) is 30.4 Å². The second kappa shape index (κ2) is 5.43. The zero-order valence-corrected chi connectivity index (χ0v) is 10.7. The van der Waals surface area contributed by atoms with Crippen LogP contribution in [0.5, 0.6) is 0 Å². The quantitative estimate of drug-likeness (QED) is 0.848. The monoisotopic (exact) mass is 255 g/mol. The fourth-order valence-electron chi connectivity index (χ4n) is 2.64. The number of benzene rings is 1. The van der Waals surface area contributed by atoms with E-state index in [1.54, 1.807) is 6.07 Å². The van der Waals surface area contributed by atoms with E-state index in [4.69, 9.17) is 10.1 Å². The Bertz CT molecular complexity index is 526. The largest absolute Gasteiger partial charge is 0.408 e. The molecular weight excluding hydrogens is 238 g/mol. The van der Waals surface area contributed by atoms with Crippen molar-refractivity contribution in [1.82, 2.24) is 10.8 Å². The summed E-state index contributed by atoms with van der Waals surface area (Å²) >= 11 is 0. The van der Waals surface area contributed by atoms with Gasteiger partial charge in [-0.1, -0.05) is 18.6 Å². The molecule has 2 aliphatic heterocycles. The molecule has 2 atom stereocenters. The number of piperidine rings is 1. The molecule has 3 rings (SSSR count). The van der Waals surface area contributed by atoms with Crippen molar-refractivity contribution in [3.05, 3.63) is 41.5 Å². The molecule has 4 heteroatoms. The summed E-state index contributed by atoms with van der Waals surface area (Å²) in [5.41, 5.74) is 4.68. The zero-order valence-electron chi connectivity index (χ0n) is 10.7. The molecule has 4 nitrogen and oxygen atoms in total. The van der Waals surface area contributed by atoms with Crippen molar-refractivity contribution in [1.29, 1.82) is 5.26 Å². The van der Waals surface area contributed by atoms with Crippen LogP contribution >= 0.6 is 0 Å². The minimum absolute atomic E-state index is 0.209. The lowest BCUT2D eigenvalue weighted by molar-refractivity contribution is 0.140. The van der Waals surface area contributed by atoms with Gasteiger partial charge in [0.15, 0.2) is 5.76 Å². The number of rotatable bonds is 2. The third-order valence-electron chi connectivity index (χ3n) is 3.69. The van der Waals surface area contributed by atoms with Crippen LogP contribution in [0.3, 0.4) is 0 Å². The average Bonchev–Trinajstić information content (AvgIpc) is 2.98. The third kappa shape index (κ3) is 2.62. The van der Waals surface area contributed by atoms with Gasteiger partial charge in [-0.05, 0) is 37.6 Å². The van der Waals surface area contributed by atoms with Crippen molar-refractivity contribution in [2.45, 2.75) is 31.3 Å². The second-order valence-electron chi connectivity index (χ2n) is 5.03. The lowest BCUT2D eigenvalue weighted by atomic mass is 9.97. The molecule has 2 N–H and O–H groups in total. The number of hydroxylamine groups is 1. The lowest BCUT2D eigenvalue weighted by Crippen LogP contribution is -2.46. The van der Waals surface area contributed by atoms with Crippen molar-refractivity contribution in [3.63, 3.8) is 0 Å². The van der Waals surface area contributed by atoms with Crippen LogP contribution in [0.15, 0.2) is 30.3 Å². The van der Waals surface area contributed by atoms with E-state index in [-0.39, 0.29) is 6.04 Å². The van der Waals surface area contributed by atoms with Crippen LogP contribution in [0.4, 0.5) is 0 Å². The van der Waals surface area contributed by atoms with Crippen molar-refractivity contribution in [2.75, 3.05) is 6.54 Å². The maximum Gasteiger partial charge on any atom is 0.152 e. The predicted octanol–water partition coefficient (Wildman–Crippen LogP) is 1.94. The molecule has 2 unspecified atom stereocenters. The highest BCUT2D eigenvalue weighted by Crippen LogP contribution is 2.24. The number of nitrogens with one attached hydrogen (secondary N) is 2. The van der Waals surface area contributed by atoms with Crippen LogP contribution in [0, 0.1) is 11.3 Å². The maximum absolute atomic E-state index is 8.92. The molecule has 2 aliphatic rings. The highest BCUT2D eigenvalue weighted by atomic mass is 16.7. The van der Waals surface area contributed by atoms with Crippen molar-refractivity contribution >= 4 is 5.76 Å². The maximum atomic E-state index is 8.92. The van der Waals surface area contributed by atoms with Gasteiger partial charge in [-0.3, -0.25) is 0 Å². The fourth-order valence-corrected chi connectivity index (χ4v) is 2.64. The van der Waals surface area contributed by atoms with Gasteiger partial charge in [0.25, 0.3) is 0 Å². The molecule has 0 radical (unpaired) electrons. The first-order valence-corrected chi connectivity index (χ1v) is 6.75. The summed E-state index contributed by atoms with van der Waals surface area (Å²) in [6.07, 6.45) is 5.80.